The Labute approximate surface area is 154 Å². The number of allylic oxidation sites excluding steroid dienone is 1. The predicted molar refractivity (Wildman–Crippen MR) is 96.3 cm³/mol. The first-order chi connectivity index (χ1) is 12.4. The van der Waals surface area contributed by atoms with Crippen LogP contribution in [-0.2, 0) is 20.7 Å². The van der Waals surface area contributed by atoms with Crippen molar-refractivity contribution in [3.63, 3.8) is 0 Å². The number of ether oxygens (including phenoxy) is 1. The van der Waals surface area contributed by atoms with Crippen molar-refractivity contribution >= 4 is 11.9 Å². The summed E-state index contributed by atoms with van der Waals surface area (Å²) in [5, 5.41) is 3.95. The topological polar surface area (TPSA) is 72.6 Å². The molecule has 2 aliphatic rings. The number of likely N-dealkylation sites (tertiary alicyclic amines) is 1. The van der Waals surface area contributed by atoms with Crippen LogP contribution in [-0.4, -0.2) is 41.6 Å². The van der Waals surface area contributed by atoms with Gasteiger partial charge in [0.15, 0.2) is 0 Å². The Kier molecular flexibility index (Phi) is 5.49. The van der Waals surface area contributed by atoms with E-state index < -0.39 is 0 Å². The van der Waals surface area contributed by atoms with Gasteiger partial charge in [-0.25, -0.2) is 0 Å². The van der Waals surface area contributed by atoms with E-state index in [9.17, 15) is 9.59 Å². The van der Waals surface area contributed by atoms with E-state index in [-0.39, 0.29) is 35.5 Å². The zero-order valence-electron chi connectivity index (χ0n) is 16.0. The zero-order valence-corrected chi connectivity index (χ0v) is 16.0. The third-order valence-corrected chi connectivity index (χ3v) is 5.78. The van der Waals surface area contributed by atoms with Crippen LogP contribution in [0, 0.1) is 37.5 Å². The maximum atomic E-state index is 12.7. The number of amides is 1. The Hall–Kier alpha value is -2.11. The number of carbonyl (C=O) groups is 2. The van der Waals surface area contributed by atoms with Crippen molar-refractivity contribution in [1.82, 2.24) is 10.1 Å². The minimum absolute atomic E-state index is 0.128. The monoisotopic (exact) mass is 360 g/mol. The molecule has 1 aromatic rings. The van der Waals surface area contributed by atoms with Crippen LogP contribution in [0.2, 0.25) is 0 Å². The maximum Gasteiger partial charge on any atom is 0.309 e. The van der Waals surface area contributed by atoms with Crippen molar-refractivity contribution in [1.29, 1.82) is 0 Å². The highest BCUT2D eigenvalue weighted by Crippen LogP contribution is 2.40. The number of fused-ring (bicyclic) bond motifs is 1. The standard InChI is InChI=1S/C20H28N2O4/c1-5-25-20(24)19-12(2)6-7-15-10-22(11-17(15)19)18(23)9-8-16-13(3)21-26-14(16)4/h6-7,12,15,17,19H,5,8-11H2,1-4H3/t12-,15-,17+,19+/m0/s1. The number of esters is 1. The molecule has 4 atom stereocenters. The van der Waals surface area contributed by atoms with Crippen LogP contribution in [0.4, 0.5) is 0 Å². The summed E-state index contributed by atoms with van der Waals surface area (Å²) in [6.07, 6.45) is 5.35. The van der Waals surface area contributed by atoms with Crippen molar-refractivity contribution in [3.05, 3.63) is 29.2 Å². The molecular weight excluding hydrogens is 332 g/mol. The largest absolute Gasteiger partial charge is 0.466 e. The van der Waals surface area contributed by atoms with Gasteiger partial charge in [0.05, 0.1) is 18.2 Å². The summed E-state index contributed by atoms with van der Waals surface area (Å²) in [4.78, 5) is 27.0. The van der Waals surface area contributed by atoms with Crippen LogP contribution in [0.25, 0.3) is 0 Å². The summed E-state index contributed by atoms with van der Waals surface area (Å²) in [5.41, 5.74) is 1.87. The van der Waals surface area contributed by atoms with E-state index in [1.807, 2.05) is 25.7 Å². The smallest absolute Gasteiger partial charge is 0.309 e. The molecule has 0 unspecified atom stereocenters. The molecule has 0 bridgehead atoms. The molecule has 1 fully saturated rings. The summed E-state index contributed by atoms with van der Waals surface area (Å²) >= 11 is 0. The highest BCUT2D eigenvalue weighted by Gasteiger charge is 2.45. The molecule has 26 heavy (non-hydrogen) atoms. The lowest BCUT2D eigenvalue weighted by atomic mass is 9.72. The van der Waals surface area contributed by atoms with E-state index in [2.05, 4.69) is 24.2 Å². The SMILES string of the molecule is CCOC(=O)[C@H]1[C@@H]2CN(C(=O)CCc3c(C)noc3C)C[C@@H]2C=C[C@@H]1C. The van der Waals surface area contributed by atoms with Gasteiger partial charge in [0, 0.05) is 25.1 Å². The third-order valence-electron chi connectivity index (χ3n) is 5.78. The third kappa shape index (κ3) is 3.55. The first kappa shape index (κ1) is 18.7. The van der Waals surface area contributed by atoms with E-state index in [1.54, 1.807) is 0 Å². The summed E-state index contributed by atoms with van der Waals surface area (Å²) in [7, 11) is 0. The second-order valence-electron chi connectivity index (χ2n) is 7.45. The normalized spacial score (nSPS) is 27.5. The van der Waals surface area contributed by atoms with Crippen molar-refractivity contribution in [2.45, 2.75) is 40.5 Å². The molecule has 0 aromatic carbocycles. The molecule has 0 spiro atoms. The number of carbonyl (C=O) groups excluding carboxylic acids is 2. The maximum absolute atomic E-state index is 12.7. The molecule has 1 aromatic heterocycles. The van der Waals surface area contributed by atoms with Crippen LogP contribution in [0.5, 0.6) is 0 Å². The fourth-order valence-corrected chi connectivity index (χ4v) is 4.35. The average molecular weight is 360 g/mol. The van der Waals surface area contributed by atoms with Crippen LogP contribution in [0.3, 0.4) is 0 Å². The van der Waals surface area contributed by atoms with Gasteiger partial charge in [-0.15, -0.1) is 0 Å². The quantitative estimate of drug-likeness (QED) is 0.596. The van der Waals surface area contributed by atoms with Crippen molar-refractivity contribution in [3.8, 4) is 0 Å². The fraction of sp³-hybridized carbons (Fsp3) is 0.650. The lowest BCUT2D eigenvalue weighted by Crippen LogP contribution is -2.37. The lowest BCUT2D eigenvalue weighted by Gasteiger charge is -2.31. The number of aromatic nitrogens is 1. The highest BCUT2D eigenvalue weighted by molar-refractivity contribution is 5.78. The Morgan fingerprint density at radius 2 is 2.08 bits per heavy atom. The van der Waals surface area contributed by atoms with Gasteiger partial charge in [-0.2, -0.15) is 0 Å². The summed E-state index contributed by atoms with van der Waals surface area (Å²) in [6, 6.07) is 0. The molecule has 6 heteroatoms. The van der Waals surface area contributed by atoms with Gasteiger partial charge in [0.1, 0.15) is 5.76 Å². The Morgan fingerprint density at radius 3 is 2.73 bits per heavy atom. The number of aryl methyl sites for hydroxylation is 2. The molecule has 1 saturated heterocycles. The molecule has 0 saturated carbocycles. The number of hydrogen-bond donors (Lipinski definition) is 0. The van der Waals surface area contributed by atoms with Gasteiger partial charge in [-0.1, -0.05) is 24.2 Å². The van der Waals surface area contributed by atoms with Gasteiger partial charge in [0.25, 0.3) is 0 Å². The molecular formula is C20H28N2O4. The summed E-state index contributed by atoms with van der Waals surface area (Å²) in [5.74, 6) is 1.15. The molecule has 0 radical (unpaired) electrons. The minimum Gasteiger partial charge on any atom is -0.466 e. The fourth-order valence-electron chi connectivity index (χ4n) is 4.35. The van der Waals surface area contributed by atoms with E-state index >= 15 is 0 Å². The number of nitrogens with zero attached hydrogens (tertiary/aromatic N) is 2. The Morgan fingerprint density at radius 1 is 1.31 bits per heavy atom. The second kappa shape index (κ2) is 7.64. The molecule has 1 aliphatic heterocycles. The number of rotatable bonds is 5. The van der Waals surface area contributed by atoms with Gasteiger partial charge >= 0.3 is 5.97 Å². The lowest BCUT2D eigenvalue weighted by molar-refractivity contribution is -0.152. The summed E-state index contributed by atoms with van der Waals surface area (Å²) < 4.78 is 10.5. The van der Waals surface area contributed by atoms with Crippen molar-refractivity contribution in [2.75, 3.05) is 19.7 Å². The number of hydrogen-bond acceptors (Lipinski definition) is 5. The van der Waals surface area contributed by atoms with E-state index in [0.29, 0.717) is 32.5 Å². The Balaban J connectivity index is 1.64. The first-order valence-electron chi connectivity index (χ1n) is 9.46. The molecule has 6 nitrogen and oxygen atoms in total. The van der Waals surface area contributed by atoms with Crippen LogP contribution in [0.15, 0.2) is 16.7 Å². The van der Waals surface area contributed by atoms with E-state index in [4.69, 9.17) is 9.26 Å². The predicted octanol–water partition coefficient (Wildman–Crippen LogP) is 2.68. The van der Waals surface area contributed by atoms with Gasteiger partial charge in [0.2, 0.25) is 5.91 Å². The van der Waals surface area contributed by atoms with E-state index in [1.165, 1.54) is 0 Å². The van der Waals surface area contributed by atoms with Crippen LogP contribution < -0.4 is 0 Å². The molecule has 1 aliphatic carbocycles. The van der Waals surface area contributed by atoms with Crippen molar-refractivity contribution < 1.29 is 18.8 Å². The summed E-state index contributed by atoms with van der Waals surface area (Å²) in [6.45, 7) is 9.36. The van der Waals surface area contributed by atoms with Crippen LogP contribution in [0.1, 0.15) is 37.3 Å². The molecule has 2 heterocycles. The van der Waals surface area contributed by atoms with Gasteiger partial charge < -0.3 is 14.2 Å². The minimum atomic E-state index is -0.162. The first-order valence-corrected chi connectivity index (χ1v) is 9.46. The highest BCUT2D eigenvalue weighted by atomic mass is 16.5. The van der Waals surface area contributed by atoms with Crippen molar-refractivity contribution in [2.24, 2.45) is 23.7 Å². The second-order valence-corrected chi connectivity index (χ2v) is 7.45. The Bertz CT molecular complexity index is 689. The average Bonchev–Trinajstić information content (AvgIpc) is 3.16. The molecule has 0 N–H and O–H groups in total. The molecule has 142 valence electrons. The molecule has 1 amide bonds. The van der Waals surface area contributed by atoms with Crippen LogP contribution >= 0.6 is 0 Å². The zero-order chi connectivity index (χ0) is 18.8. The molecule has 3 rings (SSSR count). The van der Waals surface area contributed by atoms with E-state index in [0.717, 1.165) is 17.0 Å². The van der Waals surface area contributed by atoms with Gasteiger partial charge in [-0.3, -0.25) is 9.59 Å². The van der Waals surface area contributed by atoms with Gasteiger partial charge in [-0.05, 0) is 44.9 Å².